The Morgan fingerprint density at radius 2 is 1.76 bits per heavy atom. The summed E-state index contributed by atoms with van der Waals surface area (Å²) in [5.41, 5.74) is 1.60. The zero-order valence-electron chi connectivity index (χ0n) is 11.4. The van der Waals surface area contributed by atoms with Crippen LogP contribution < -0.4 is 10.2 Å². The number of nitrogens with zero attached hydrogens (tertiary/aromatic N) is 4. The van der Waals surface area contributed by atoms with Gasteiger partial charge < -0.3 is 10.2 Å². The number of hydrogen-bond acceptors (Lipinski definition) is 6. The van der Waals surface area contributed by atoms with E-state index < -0.39 is 4.92 Å². The fourth-order valence-electron chi connectivity index (χ4n) is 2.30. The smallest absolute Gasteiger partial charge is 0.269 e. The van der Waals surface area contributed by atoms with Gasteiger partial charge in [-0.25, -0.2) is 0 Å². The lowest BCUT2D eigenvalue weighted by Gasteiger charge is -2.27. The van der Waals surface area contributed by atoms with Gasteiger partial charge in [-0.05, 0) is 24.3 Å². The molecule has 0 unspecified atom stereocenters. The van der Waals surface area contributed by atoms with Crippen LogP contribution in [-0.4, -0.2) is 41.3 Å². The summed E-state index contributed by atoms with van der Waals surface area (Å²) in [6, 6.07) is 10.2. The van der Waals surface area contributed by atoms with Gasteiger partial charge in [0.05, 0.1) is 10.6 Å². The number of nitro benzene ring substituents is 1. The van der Waals surface area contributed by atoms with Gasteiger partial charge >= 0.3 is 0 Å². The number of piperazine rings is 1. The summed E-state index contributed by atoms with van der Waals surface area (Å²) in [6.45, 7) is 3.74. The molecule has 108 valence electrons. The summed E-state index contributed by atoms with van der Waals surface area (Å²) >= 11 is 0. The molecule has 1 aliphatic heterocycles. The third kappa shape index (κ3) is 2.97. The highest BCUT2D eigenvalue weighted by Gasteiger charge is 2.12. The van der Waals surface area contributed by atoms with Crippen LogP contribution in [0.1, 0.15) is 0 Å². The average Bonchev–Trinajstić information content (AvgIpc) is 2.56. The second-order valence-electron chi connectivity index (χ2n) is 4.82. The molecular formula is C14H15N5O2. The van der Waals surface area contributed by atoms with E-state index in [9.17, 15) is 10.1 Å². The highest BCUT2D eigenvalue weighted by atomic mass is 16.6. The average molecular weight is 285 g/mol. The van der Waals surface area contributed by atoms with Crippen LogP contribution in [-0.2, 0) is 0 Å². The molecule has 0 aliphatic carbocycles. The zero-order chi connectivity index (χ0) is 14.7. The maximum absolute atomic E-state index is 10.6. The Kier molecular flexibility index (Phi) is 3.74. The molecule has 2 aromatic rings. The number of aromatic nitrogens is 2. The van der Waals surface area contributed by atoms with Gasteiger partial charge in [-0.15, -0.1) is 10.2 Å². The van der Waals surface area contributed by atoms with Crippen LogP contribution in [0.5, 0.6) is 0 Å². The number of nitro groups is 1. The van der Waals surface area contributed by atoms with E-state index in [1.165, 1.54) is 12.1 Å². The predicted molar refractivity (Wildman–Crippen MR) is 79.2 cm³/mol. The van der Waals surface area contributed by atoms with Crippen molar-refractivity contribution in [2.45, 2.75) is 0 Å². The predicted octanol–water partition coefficient (Wildman–Crippen LogP) is 1.46. The molecule has 0 atom stereocenters. The number of benzene rings is 1. The molecule has 1 aliphatic rings. The van der Waals surface area contributed by atoms with Crippen molar-refractivity contribution in [2.24, 2.45) is 0 Å². The zero-order valence-corrected chi connectivity index (χ0v) is 11.4. The first-order chi connectivity index (χ1) is 10.2. The minimum atomic E-state index is -0.414. The van der Waals surface area contributed by atoms with Crippen LogP contribution in [0.15, 0.2) is 36.4 Å². The van der Waals surface area contributed by atoms with Gasteiger partial charge in [0.1, 0.15) is 0 Å². The van der Waals surface area contributed by atoms with Crippen LogP contribution >= 0.6 is 0 Å². The van der Waals surface area contributed by atoms with Crippen molar-refractivity contribution < 1.29 is 4.92 Å². The van der Waals surface area contributed by atoms with E-state index in [1.54, 1.807) is 12.1 Å². The van der Waals surface area contributed by atoms with E-state index in [0.717, 1.165) is 37.6 Å². The summed E-state index contributed by atoms with van der Waals surface area (Å²) in [6.07, 6.45) is 0. The summed E-state index contributed by atoms with van der Waals surface area (Å²) in [7, 11) is 0. The van der Waals surface area contributed by atoms with Crippen LogP contribution in [0.25, 0.3) is 11.3 Å². The van der Waals surface area contributed by atoms with E-state index in [-0.39, 0.29) is 5.69 Å². The Balaban J connectivity index is 1.78. The van der Waals surface area contributed by atoms with Crippen molar-refractivity contribution >= 4 is 11.5 Å². The third-order valence-electron chi connectivity index (χ3n) is 3.47. The fraction of sp³-hybridized carbons (Fsp3) is 0.286. The minimum Gasteiger partial charge on any atom is -0.353 e. The first-order valence-corrected chi connectivity index (χ1v) is 6.78. The molecule has 1 N–H and O–H groups in total. The van der Waals surface area contributed by atoms with E-state index in [0.29, 0.717) is 5.69 Å². The van der Waals surface area contributed by atoms with Gasteiger partial charge in [0.25, 0.3) is 5.69 Å². The van der Waals surface area contributed by atoms with Gasteiger partial charge in [0.15, 0.2) is 5.82 Å². The molecular weight excluding hydrogens is 270 g/mol. The third-order valence-corrected chi connectivity index (χ3v) is 3.47. The molecule has 0 radical (unpaired) electrons. The van der Waals surface area contributed by atoms with E-state index in [2.05, 4.69) is 20.4 Å². The van der Waals surface area contributed by atoms with E-state index in [1.807, 2.05) is 12.1 Å². The molecule has 0 saturated carbocycles. The van der Waals surface area contributed by atoms with Gasteiger partial charge in [0.2, 0.25) is 0 Å². The van der Waals surface area contributed by atoms with Crippen molar-refractivity contribution in [1.82, 2.24) is 15.5 Å². The molecule has 2 heterocycles. The van der Waals surface area contributed by atoms with Crippen LogP contribution in [0, 0.1) is 10.1 Å². The first kappa shape index (κ1) is 13.4. The molecule has 1 fully saturated rings. The maximum Gasteiger partial charge on any atom is 0.269 e. The molecule has 0 bridgehead atoms. The lowest BCUT2D eigenvalue weighted by molar-refractivity contribution is -0.384. The summed E-state index contributed by atoms with van der Waals surface area (Å²) in [5, 5.41) is 22.4. The topological polar surface area (TPSA) is 84.2 Å². The Morgan fingerprint density at radius 3 is 2.33 bits per heavy atom. The standard InChI is InChI=1S/C14H15N5O2/c20-19(21)12-3-1-11(2-4-12)13-5-6-14(17-16-13)18-9-7-15-8-10-18/h1-6,15H,7-10H2. The molecule has 7 nitrogen and oxygen atoms in total. The van der Waals surface area contributed by atoms with Crippen molar-refractivity contribution in [3.8, 4) is 11.3 Å². The van der Waals surface area contributed by atoms with Gasteiger partial charge in [-0.3, -0.25) is 10.1 Å². The molecule has 1 aromatic carbocycles. The number of nitrogens with one attached hydrogen (secondary N) is 1. The second kappa shape index (κ2) is 5.84. The highest BCUT2D eigenvalue weighted by molar-refractivity contribution is 5.61. The Morgan fingerprint density at radius 1 is 1.05 bits per heavy atom. The largest absolute Gasteiger partial charge is 0.353 e. The van der Waals surface area contributed by atoms with Crippen LogP contribution in [0.4, 0.5) is 11.5 Å². The molecule has 3 rings (SSSR count). The van der Waals surface area contributed by atoms with E-state index in [4.69, 9.17) is 0 Å². The number of rotatable bonds is 3. The second-order valence-corrected chi connectivity index (χ2v) is 4.82. The monoisotopic (exact) mass is 285 g/mol. The summed E-state index contributed by atoms with van der Waals surface area (Å²) in [4.78, 5) is 12.4. The highest BCUT2D eigenvalue weighted by Crippen LogP contribution is 2.21. The van der Waals surface area contributed by atoms with Crippen LogP contribution in [0.2, 0.25) is 0 Å². The van der Waals surface area contributed by atoms with Crippen molar-refractivity contribution in [3.05, 3.63) is 46.5 Å². The van der Waals surface area contributed by atoms with Gasteiger partial charge in [0, 0.05) is 43.9 Å². The Bertz CT molecular complexity index is 621. The minimum absolute atomic E-state index is 0.0733. The quantitative estimate of drug-likeness (QED) is 0.679. The van der Waals surface area contributed by atoms with Gasteiger partial charge in [-0.2, -0.15) is 0 Å². The number of non-ortho nitro benzene ring substituents is 1. The first-order valence-electron chi connectivity index (χ1n) is 6.78. The number of hydrogen-bond donors (Lipinski definition) is 1. The molecule has 7 heteroatoms. The van der Waals surface area contributed by atoms with E-state index >= 15 is 0 Å². The van der Waals surface area contributed by atoms with Gasteiger partial charge in [-0.1, -0.05) is 0 Å². The Hall–Kier alpha value is -2.54. The normalized spacial score (nSPS) is 15.0. The lowest BCUT2D eigenvalue weighted by Crippen LogP contribution is -2.43. The SMILES string of the molecule is O=[N+]([O-])c1ccc(-c2ccc(N3CCNCC3)nn2)cc1. The molecule has 1 saturated heterocycles. The molecule has 0 spiro atoms. The fourth-order valence-corrected chi connectivity index (χ4v) is 2.30. The molecule has 1 aromatic heterocycles. The van der Waals surface area contributed by atoms with Crippen molar-refractivity contribution in [2.75, 3.05) is 31.1 Å². The summed E-state index contributed by atoms with van der Waals surface area (Å²) < 4.78 is 0. The van der Waals surface area contributed by atoms with Crippen molar-refractivity contribution in [1.29, 1.82) is 0 Å². The van der Waals surface area contributed by atoms with Crippen molar-refractivity contribution in [3.63, 3.8) is 0 Å². The maximum atomic E-state index is 10.6. The lowest BCUT2D eigenvalue weighted by atomic mass is 10.1. The summed E-state index contributed by atoms with van der Waals surface area (Å²) in [5.74, 6) is 0.863. The molecule has 21 heavy (non-hydrogen) atoms. The number of anilines is 1. The molecule has 0 amide bonds. The van der Waals surface area contributed by atoms with Crippen LogP contribution in [0.3, 0.4) is 0 Å². The Labute approximate surface area is 121 Å².